The predicted octanol–water partition coefficient (Wildman–Crippen LogP) is 10.7. The Morgan fingerprint density at radius 3 is 1.89 bits per heavy atom. The number of hydrogen-bond donors (Lipinski definition) is 3. The third-order valence-electron chi connectivity index (χ3n) is 13.8. The zero-order valence-corrected chi connectivity index (χ0v) is 46.4. The number of morpholine rings is 2. The maximum absolute atomic E-state index is 14.3. The van der Waals surface area contributed by atoms with Crippen molar-refractivity contribution >= 4 is 51.4 Å². The predicted molar refractivity (Wildman–Crippen MR) is 293 cm³/mol. The number of benzene rings is 3. The smallest absolute Gasteiger partial charge is 0.316 e. The minimum absolute atomic E-state index is 0.0598. The van der Waals surface area contributed by atoms with Gasteiger partial charge in [0.25, 0.3) is 11.8 Å². The van der Waals surface area contributed by atoms with Crippen LogP contribution in [-0.4, -0.2) is 109 Å². The Bertz CT molecular complexity index is 2680. The summed E-state index contributed by atoms with van der Waals surface area (Å²) in [6, 6.07) is 13.5. The van der Waals surface area contributed by atoms with Crippen LogP contribution in [0, 0.1) is 26.7 Å². The van der Waals surface area contributed by atoms with Gasteiger partial charge < -0.3 is 32.4 Å². The maximum atomic E-state index is 14.3. The van der Waals surface area contributed by atoms with Gasteiger partial charge in [0.15, 0.2) is 23.0 Å². The van der Waals surface area contributed by atoms with Gasteiger partial charge in [0.2, 0.25) is 0 Å². The number of ether oxygens (including phenoxy) is 3. The number of hydrogen-bond acceptors (Lipinski definition) is 11. The van der Waals surface area contributed by atoms with E-state index in [9.17, 15) is 18.0 Å². The van der Waals surface area contributed by atoms with E-state index in [2.05, 4.69) is 59.4 Å². The number of carbonyl (C=O) groups excluding carboxylic acids is 2. The van der Waals surface area contributed by atoms with Crippen molar-refractivity contribution in [1.82, 2.24) is 29.6 Å². The Kier molecular flexibility index (Phi) is 20.4. The lowest BCUT2D eigenvalue weighted by molar-refractivity contribution is 0.0298. The van der Waals surface area contributed by atoms with E-state index in [-0.39, 0.29) is 39.9 Å². The number of H-pyrrole nitrogens is 1. The number of unbranched alkanes of at least 4 members (excludes halogenated alkanes) is 8. The Balaban J connectivity index is 1.14. The van der Waals surface area contributed by atoms with Gasteiger partial charge in [0.05, 0.1) is 44.4 Å². The SMILES string of the molecule is CCCCCCCCC(CCCCCC)COc1ccc(NS(=O)Oc2cc(C(=O)N3CCOCC3)cc(C(=O)N3CCOCC3)c2)cc1OS(=O)Nc1c(C)cc(C)c(-c2nnc3cc(C(C)(C)C)[nH]n23)c1C. The summed E-state index contributed by atoms with van der Waals surface area (Å²) < 4.78 is 65.9. The molecular formula is C55H78N8O9S2. The number of carbonyl (C=O) groups is 2. The number of nitrogens with one attached hydrogen (secondary N) is 3. The molecule has 0 saturated carbocycles. The van der Waals surface area contributed by atoms with E-state index in [1.165, 1.54) is 57.1 Å². The first-order valence-electron chi connectivity index (χ1n) is 26.6. The van der Waals surface area contributed by atoms with Crippen molar-refractivity contribution in [2.45, 2.75) is 138 Å². The Hall–Kier alpha value is -5.50. The fourth-order valence-electron chi connectivity index (χ4n) is 9.54. The molecule has 0 aliphatic carbocycles. The zero-order chi connectivity index (χ0) is 52.8. The second kappa shape index (κ2) is 26.8. The number of nitrogens with zero attached hydrogens (tertiary/aromatic N) is 5. The van der Waals surface area contributed by atoms with Gasteiger partial charge in [-0.2, -0.15) is 8.42 Å². The van der Waals surface area contributed by atoms with Gasteiger partial charge in [-0.25, -0.2) is 4.52 Å². The van der Waals surface area contributed by atoms with Crippen molar-refractivity contribution in [2.75, 3.05) is 68.7 Å². The summed E-state index contributed by atoms with van der Waals surface area (Å²) in [7, 11) is 0. The summed E-state index contributed by atoms with van der Waals surface area (Å²) in [5.74, 6) is 0.960. The molecule has 3 atom stereocenters. The summed E-state index contributed by atoms with van der Waals surface area (Å²) in [5, 5.41) is 12.5. The summed E-state index contributed by atoms with van der Waals surface area (Å²) in [5.41, 5.74) is 6.45. The molecule has 0 bridgehead atoms. The molecule has 404 valence electrons. The molecule has 0 radical (unpaired) electrons. The lowest BCUT2D eigenvalue weighted by Crippen LogP contribution is -2.41. The van der Waals surface area contributed by atoms with Gasteiger partial charge in [-0.1, -0.05) is 105 Å². The largest absolute Gasteiger partial charge is 0.489 e. The van der Waals surface area contributed by atoms with Crippen LogP contribution in [0.5, 0.6) is 17.2 Å². The molecule has 3 unspecified atom stereocenters. The molecule has 0 spiro atoms. The van der Waals surface area contributed by atoms with Gasteiger partial charge in [-0.15, -0.1) is 10.2 Å². The molecule has 2 saturated heterocycles. The number of fused-ring (bicyclic) bond motifs is 1. The van der Waals surface area contributed by atoms with E-state index in [0.29, 0.717) is 93.7 Å². The van der Waals surface area contributed by atoms with Crippen molar-refractivity contribution in [2.24, 2.45) is 5.92 Å². The molecule has 5 aromatic rings. The van der Waals surface area contributed by atoms with Crippen LogP contribution in [0.3, 0.4) is 0 Å². The number of aryl methyl sites for hydroxylation is 2. The van der Waals surface area contributed by atoms with Gasteiger partial charge in [0, 0.05) is 66.1 Å². The first-order chi connectivity index (χ1) is 35.6. The molecule has 2 aliphatic rings. The maximum Gasteiger partial charge on any atom is 0.316 e. The highest BCUT2D eigenvalue weighted by Gasteiger charge is 2.27. The number of aromatic amines is 1. The first kappa shape index (κ1) is 56.2. The van der Waals surface area contributed by atoms with Gasteiger partial charge in [0.1, 0.15) is 5.75 Å². The summed E-state index contributed by atoms with van der Waals surface area (Å²) in [6.45, 7) is 20.4. The summed E-state index contributed by atoms with van der Waals surface area (Å²) in [4.78, 5) is 30.8. The average molecular weight is 1060 g/mol. The zero-order valence-electron chi connectivity index (χ0n) is 44.8. The van der Waals surface area contributed by atoms with Crippen molar-refractivity contribution < 1.29 is 40.6 Å². The fraction of sp³-hybridized carbons (Fsp3) is 0.564. The molecule has 74 heavy (non-hydrogen) atoms. The molecule has 3 N–H and O–H groups in total. The van der Waals surface area contributed by atoms with Crippen LogP contribution in [0.2, 0.25) is 0 Å². The number of rotatable bonds is 26. The highest BCUT2D eigenvalue weighted by Crippen LogP contribution is 2.37. The molecule has 7 rings (SSSR count). The lowest BCUT2D eigenvalue weighted by Gasteiger charge is -2.28. The minimum Gasteiger partial charge on any atom is -0.489 e. The quantitative estimate of drug-likeness (QED) is 0.0447. The molecular weight excluding hydrogens is 981 g/mol. The molecule has 2 amide bonds. The molecule has 3 aromatic carbocycles. The molecule has 2 fully saturated rings. The van der Waals surface area contributed by atoms with Crippen LogP contribution >= 0.6 is 0 Å². The first-order valence-corrected chi connectivity index (χ1v) is 28.7. The standard InChI is InChI=1S/C55H78N8O9S2/c1-9-11-13-15-16-18-20-41(19-17-14-12-10-2)37-70-46-22-21-44(59-73(66)71-45-33-42(53(64)61-23-27-68-28-24-61)32-43(34-45)54(65)62-25-29-69-30-26-62)35-47(46)72-74(67)60-51-39(4)31-38(3)50(40(51)5)52-57-56-49-36-48(55(6,7)8)58-63(49)52/h21-22,31-36,41,58-60H,9-20,23-30,37H2,1-8H3. The number of amides is 2. The van der Waals surface area contributed by atoms with Crippen molar-refractivity contribution in [3.05, 3.63) is 82.0 Å². The number of aromatic nitrogens is 4. The van der Waals surface area contributed by atoms with Gasteiger partial charge in [-0.05, 0) is 86.6 Å². The van der Waals surface area contributed by atoms with Crippen molar-refractivity contribution in [3.63, 3.8) is 0 Å². The van der Waals surface area contributed by atoms with Crippen LogP contribution in [0.4, 0.5) is 11.4 Å². The summed E-state index contributed by atoms with van der Waals surface area (Å²) in [6.07, 6.45) is 14.0. The van der Waals surface area contributed by atoms with E-state index >= 15 is 0 Å². The Morgan fingerprint density at radius 2 is 1.28 bits per heavy atom. The van der Waals surface area contributed by atoms with Crippen LogP contribution in [0.1, 0.15) is 155 Å². The van der Waals surface area contributed by atoms with Crippen LogP contribution in [0.15, 0.2) is 48.5 Å². The van der Waals surface area contributed by atoms with E-state index in [1.807, 2.05) is 37.4 Å². The molecule has 4 heterocycles. The van der Waals surface area contributed by atoms with E-state index < -0.39 is 22.5 Å². The topological polar surface area (TPSA) is 191 Å². The lowest BCUT2D eigenvalue weighted by atomic mass is 9.93. The minimum atomic E-state index is -2.24. The third kappa shape index (κ3) is 15.1. The Labute approximate surface area is 442 Å². The Morgan fingerprint density at radius 1 is 0.703 bits per heavy atom. The number of anilines is 2. The normalized spacial score (nSPS) is 15.5. The molecule has 19 heteroatoms. The van der Waals surface area contributed by atoms with Crippen molar-refractivity contribution in [1.29, 1.82) is 0 Å². The molecule has 2 aromatic heterocycles. The van der Waals surface area contributed by atoms with E-state index in [0.717, 1.165) is 60.1 Å². The van der Waals surface area contributed by atoms with Gasteiger partial charge in [-0.3, -0.25) is 24.1 Å². The van der Waals surface area contributed by atoms with E-state index in [1.54, 1.807) is 34.1 Å². The highest BCUT2D eigenvalue weighted by atomic mass is 32.2. The second-order valence-corrected chi connectivity index (χ2v) is 22.3. The monoisotopic (exact) mass is 1060 g/mol. The second-order valence-electron chi connectivity index (χ2n) is 20.7. The molecule has 17 nitrogen and oxygen atoms in total. The van der Waals surface area contributed by atoms with Crippen LogP contribution < -0.4 is 22.5 Å². The van der Waals surface area contributed by atoms with Crippen LogP contribution in [-0.2, 0) is 37.4 Å². The van der Waals surface area contributed by atoms with E-state index in [4.69, 9.17) is 22.6 Å². The highest BCUT2D eigenvalue weighted by molar-refractivity contribution is 7.82. The van der Waals surface area contributed by atoms with Crippen molar-refractivity contribution in [3.8, 4) is 28.6 Å². The van der Waals surface area contributed by atoms with Gasteiger partial charge >= 0.3 is 22.5 Å². The van der Waals surface area contributed by atoms with Crippen LogP contribution in [0.25, 0.3) is 17.0 Å². The fourth-order valence-corrected chi connectivity index (χ4v) is 11.0. The summed E-state index contributed by atoms with van der Waals surface area (Å²) >= 11 is -4.40. The molecule has 2 aliphatic heterocycles. The average Bonchev–Trinajstić information content (AvgIpc) is 4.00. The third-order valence-corrected chi connectivity index (χ3v) is 15.2.